The Morgan fingerprint density at radius 2 is 1.39 bits per heavy atom. The normalized spacial score (nSPS) is 14.3. The number of esters is 1. The predicted octanol–water partition coefficient (Wildman–Crippen LogP) is 3.80. The van der Waals surface area contributed by atoms with E-state index in [0.717, 1.165) is 0 Å². The number of ether oxygens (including phenoxy) is 2. The van der Waals surface area contributed by atoms with Crippen molar-refractivity contribution in [3.63, 3.8) is 0 Å². The molecule has 0 aromatic rings. The molecule has 10 nitrogen and oxygen atoms in total. The van der Waals surface area contributed by atoms with Crippen molar-refractivity contribution in [3.8, 4) is 0 Å². The number of carbonyl (C=O) groups excluding carboxylic acids is 2. The number of nitrogens with two attached hydrogens (primary N) is 1. The summed E-state index contributed by atoms with van der Waals surface area (Å²) in [7, 11) is 1.59. The second kappa shape index (κ2) is 15.3. The van der Waals surface area contributed by atoms with E-state index in [4.69, 9.17) is 25.4 Å². The van der Waals surface area contributed by atoms with Crippen LogP contribution in [-0.4, -0.2) is 65.3 Å². The Kier molecular flexibility index (Phi) is 15.0. The molecular formula is C26H46N2O8. The van der Waals surface area contributed by atoms with Gasteiger partial charge in [-0.3, -0.25) is 19.2 Å². The van der Waals surface area contributed by atoms with Gasteiger partial charge in [0.25, 0.3) is 0 Å². The molecule has 4 N–H and O–H groups in total. The number of methoxy groups -OCH3 is 1. The largest absolute Gasteiger partial charge is 0.481 e. The topological polar surface area (TPSA) is 156 Å². The Balaban J connectivity index is 0. The first-order valence-corrected chi connectivity index (χ1v) is 11.7. The van der Waals surface area contributed by atoms with Crippen molar-refractivity contribution >= 4 is 23.8 Å². The lowest BCUT2D eigenvalue weighted by Gasteiger charge is -2.24. The van der Waals surface area contributed by atoms with Crippen molar-refractivity contribution in [2.24, 2.45) is 22.0 Å². The van der Waals surface area contributed by atoms with Gasteiger partial charge in [-0.2, -0.15) is 0 Å². The molecular weight excluding hydrogens is 468 g/mol. The van der Waals surface area contributed by atoms with Crippen LogP contribution in [0.3, 0.4) is 0 Å². The number of aliphatic carboxylic acids is 2. The van der Waals surface area contributed by atoms with Gasteiger partial charge in [-0.15, -0.1) is 0 Å². The third-order valence-corrected chi connectivity index (χ3v) is 4.61. The molecule has 1 rings (SSSR count). The highest BCUT2D eigenvalue weighted by molar-refractivity contribution is 5.92. The monoisotopic (exact) mass is 514 g/mol. The third-order valence-electron chi connectivity index (χ3n) is 4.61. The molecule has 0 saturated heterocycles. The van der Waals surface area contributed by atoms with E-state index in [-0.39, 0.29) is 18.7 Å². The SMILES string of the molecule is CC(C)(C)C(=O)O.CC(C)(C)C(=O)O.CO[C@@H](CCN1C=CCC(C(N)=O)=C1)COC(=O)C(C)(C)C. The van der Waals surface area contributed by atoms with E-state index in [9.17, 15) is 19.2 Å². The maximum atomic E-state index is 11.7. The minimum absolute atomic E-state index is 0.188. The molecule has 0 saturated carbocycles. The van der Waals surface area contributed by atoms with E-state index in [1.807, 2.05) is 37.9 Å². The van der Waals surface area contributed by atoms with Crippen molar-refractivity contribution in [2.75, 3.05) is 20.3 Å². The molecule has 1 aliphatic heterocycles. The van der Waals surface area contributed by atoms with Gasteiger partial charge >= 0.3 is 17.9 Å². The quantitative estimate of drug-likeness (QED) is 0.430. The van der Waals surface area contributed by atoms with Gasteiger partial charge in [0.05, 0.1) is 22.3 Å². The van der Waals surface area contributed by atoms with Gasteiger partial charge < -0.3 is 30.3 Å². The van der Waals surface area contributed by atoms with Crippen LogP contribution >= 0.6 is 0 Å². The second-order valence-electron chi connectivity index (χ2n) is 11.5. The highest BCUT2D eigenvalue weighted by atomic mass is 16.6. The number of carboxylic acid groups (broad SMARTS) is 2. The van der Waals surface area contributed by atoms with Crippen LogP contribution < -0.4 is 5.73 Å². The first kappa shape index (κ1) is 35.3. The summed E-state index contributed by atoms with van der Waals surface area (Å²) in [6.45, 7) is 16.3. The van der Waals surface area contributed by atoms with E-state index in [1.54, 1.807) is 54.9 Å². The van der Waals surface area contributed by atoms with Crippen LogP contribution in [-0.2, 0) is 28.7 Å². The van der Waals surface area contributed by atoms with Crippen LogP contribution in [0.5, 0.6) is 0 Å². The molecule has 1 amide bonds. The lowest BCUT2D eigenvalue weighted by atomic mass is 9.97. The summed E-state index contributed by atoms with van der Waals surface area (Å²) in [5, 5.41) is 16.5. The van der Waals surface area contributed by atoms with Crippen LogP contribution in [0.4, 0.5) is 0 Å². The van der Waals surface area contributed by atoms with Crippen LogP contribution in [0.1, 0.15) is 75.2 Å². The summed E-state index contributed by atoms with van der Waals surface area (Å²) in [5.74, 6) is -2.17. The number of primary amides is 1. The summed E-state index contributed by atoms with van der Waals surface area (Å²) in [4.78, 5) is 44.9. The number of carboxylic acids is 2. The number of rotatable bonds is 7. The maximum absolute atomic E-state index is 11.7. The van der Waals surface area contributed by atoms with E-state index in [1.165, 1.54) is 0 Å². The molecule has 0 aliphatic carbocycles. The van der Waals surface area contributed by atoms with Gasteiger partial charge in [-0.25, -0.2) is 0 Å². The molecule has 10 heteroatoms. The number of hydrogen-bond acceptors (Lipinski definition) is 7. The van der Waals surface area contributed by atoms with Crippen LogP contribution in [0, 0.1) is 16.2 Å². The lowest BCUT2D eigenvalue weighted by molar-refractivity contribution is -0.156. The molecule has 0 fully saturated rings. The minimum atomic E-state index is -0.757. The standard InChI is InChI=1S/C16H26N2O4.2C5H10O2/c1-16(2,3)15(20)22-11-13(21-4)7-9-18-8-5-6-12(10-18)14(17)19;2*1-5(2,3)4(6)7/h5,8,10,13H,6-7,9,11H2,1-4H3,(H2,17,19);2*1-3H3,(H,6,7)/t13-;;/m0../s1. The second-order valence-corrected chi connectivity index (χ2v) is 11.5. The fourth-order valence-corrected chi connectivity index (χ4v) is 1.86. The van der Waals surface area contributed by atoms with Crippen molar-refractivity contribution in [1.29, 1.82) is 0 Å². The van der Waals surface area contributed by atoms with E-state index >= 15 is 0 Å². The van der Waals surface area contributed by atoms with Gasteiger partial charge in [0, 0.05) is 25.4 Å². The Morgan fingerprint density at radius 3 is 1.72 bits per heavy atom. The Morgan fingerprint density at radius 1 is 0.944 bits per heavy atom. The highest BCUT2D eigenvalue weighted by Gasteiger charge is 2.24. The van der Waals surface area contributed by atoms with Crippen LogP contribution in [0.2, 0.25) is 0 Å². The average molecular weight is 515 g/mol. The van der Waals surface area contributed by atoms with Crippen molar-refractivity contribution in [3.05, 3.63) is 24.0 Å². The predicted molar refractivity (Wildman–Crippen MR) is 138 cm³/mol. The third kappa shape index (κ3) is 16.7. The van der Waals surface area contributed by atoms with Crippen molar-refractivity contribution < 1.29 is 38.9 Å². The fraction of sp³-hybridized carbons (Fsp3) is 0.692. The Hall–Kier alpha value is -2.88. The molecule has 208 valence electrons. The number of hydrogen-bond donors (Lipinski definition) is 3. The summed E-state index contributed by atoms with van der Waals surface area (Å²) in [6, 6.07) is 0. The summed E-state index contributed by atoms with van der Waals surface area (Å²) in [5.41, 5.74) is 4.18. The molecule has 0 radical (unpaired) electrons. The zero-order valence-electron chi connectivity index (χ0n) is 23.5. The first-order chi connectivity index (χ1) is 16.1. The molecule has 1 heterocycles. The first-order valence-electron chi connectivity index (χ1n) is 11.7. The number of allylic oxidation sites excluding steroid dienone is 1. The molecule has 0 aromatic carbocycles. The maximum Gasteiger partial charge on any atom is 0.311 e. The van der Waals surface area contributed by atoms with Crippen LogP contribution in [0.25, 0.3) is 0 Å². The number of amides is 1. The molecule has 0 bridgehead atoms. The average Bonchev–Trinajstić information content (AvgIpc) is 2.72. The van der Waals surface area contributed by atoms with Gasteiger partial charge in [-0.1, -0.05) is 6.08 Å². The zero-order valence-corrected chi connectivity index (χ0v) is 23.5. The Bertz CT molecular complexity index is 772. The smallest absolute Gasteiger partial charge is 0.311 e. The van der Waals surface area contributed by atoms with Gasteiger partial charge in [0.15, 0.2) is 0 Å². The van der Waals surface area contributed by atoms with Crippen molar-refractivity contribution in [1.82, 2.24) is 4.90 Å². The molecule has 1 atom stereocenters. The van der Waals surface area contributed by atoms with E-state index in [0.29, 0.717) is 25.0 Å². The van der Waals surface area contributed by atoms with Crippen LogP contribution in [0.15, 0.2) is 24.0 Å². The molecule has 36 heavy (non-hydrogen) atoms. The molecule has 0 unspecified atom stereocenters. The minimum Gasteiger partial charge on any atom is -0.481 e. The lowest BCUT2D eigenvalue weighted by Crippen LogP contribution is -2.30. The number of nitrogens with zero attached hydrogens (tertiary/aromatic N) is 1. The molecule has 0 spiro atoms. The zero-order chi connectivity index (χ0) is 28.9. The van der Waals surface area contributed by atoms with Crippen molar-refractivity contribution in [2.45, 2.75) is 81.3 Å². The summed E-state index contributed by atoms with van der Waals surface area (Å²) < 4.78 is 10.6. The van der Waals surface area contributed by atoms with E-state index in [2.05, 4.69) is 0 Å². The van der Waals surface area contributed by atoms with E-state index < -0.39 is 34.1 Å². The Labute approximate surface area is 215 Å². The highest BCUT2D eigenvalue weighted by Crippen LogP contribution is 2.17. The van der Waals surface area contributed by atoms with Gasteiger partial charge in [-0.05, 0) is 81.4 Å². The van der Waals surface area contributed by atoms with Gasteiger partial charge in [0.1, 0.15) is 6.61 Å². The fourth-order valence-electron chi connectivity index (χ4n) is 1.86. The molecule has 1 aliphatic rings. The van der Waals surface area contributed by atoms with Gasteiger partial charge in [0.2, 0.25) is 5.91 Å². The molecule has 0 aromatic heterocycles. The summed E-state index contributed by atoms with van der Waals surface area (Å²) >= 11 is 0. The summed E-state index contributed by atoms with van der Waals surface area (Å²) in [6.07, 6.45) is 6.58. The number of carbonyl (C=O) groups is 4.